The van der Waals surface area contributed by atoms with Gasteiger partial charge in [0, 0.05) is 30.2 Å². The molecule has 166 valence electrons. The molecule has 1 saturated carbocycles. The number of ether oxygens (including phenoxy) is 2. The standard InChI is InChI=1S/C27H29NO4/c1-3-31-21-14-12-20(13-15-21)25-24(18(2)28-22-10-7-11-23(29)26(22)25)27(30)32-17-16-19-8-5-4-6-9-19/h4-6,8-9,12-15,25-26H,3,7,10-11,16-17H2,1-2H3/t25-,26?/m1/s1. The van der Waals surface area contributed by atoms with Gasteiger partial charge in [-0.05, 0) is 49.9 Å². The van der Waals surface area contributed by atoms with Crippen molar-refractivity contribution in [2.24, 2.45) is 10.9 Å². The highest BCUT2D eigenvalue weighted by atomic mass is 16.5. The molecule has 1 aliphatic carbocycles. The Bertz CT molecular complexity index is 1040. The van der Waals surface area contributed by atoms with Crippen molar-refractivity contribution in [3.8, 4) is 5.75 Å². The van der Waals surface area contributed by atoms with E-state index in [0.29, 0.717) is 30.7 Å². The summed E-state index contributed by atoms with van der Waals surface area (Å²) in [7, 11) is 0. The van der Waals surface area contributed by atoms with Crippen LogP contribution in [0.15, 0.2) is 70.9 Å². The number of carbonyl (C=O) groups is 2. The number of ketones is 1. The van der Waals surface area contributed by atoms with Crippen molar-refractivity contribution < 1.29 is 19.1 Å². The normalized spacial score (nSPS) is 20.4. The van der Waals surface area contributed by atoms with Crippen molar-refractivity contribution >= 4 is 17.5 Å². The Morgan fingerprint density at radius 2 is 1.78 bits per heavy atom. The number of nitrogens with zero attached hydrogens (tertiary/aromatic N) is 1. The van der Waals surface area contributed by atoms with Gasteiger partial charge in [-0.1, -0.05) is 42.5 Å². The van der Waals surface area contributed by atoms with E-state index in [1.54, 1.807) is 0 Å². The van der Waals surface area contributed by atoms with Crippen molar-refractivity contribution in [2.75, 3.05) is 13.2 Å². The second-order valence-corrected chi connectivity index (χ2v) is 8.25. The molecule has 1 heterocycles. The highest BCUT2D eigenvalue weighted by Crippen LogP contribution is 2.43. The largest absolute Gasteiger partial charge is 0.494 e. The summed E-state index contributed by atoms with van der Waals surface area (Å²) in [5, 5.41) is 0. The summed E-state index contributed by atoms with van der Waals surface area (Å²) in [5.41, 5.74) is 4.05. The minimum atomic E-state index is -0.401. The topological polar surface area (TPSA) is 65.0 Å². The van der Waals surface area contributed by atoms with Crippen LogP contribution in [0.4, 0.5) is 0 Å². The average Bonchev–Trinajstić information content (AvgIpc) is 2.80. The van der Waals surface area contributed by atoms with Gasteiger partial charge in [-0.25, -0.2) is 4.79 Å². The van der Waals surface area contributed by atoms with Gasteiger partial charge in [-0.3, -0.25) is 9.79 Å². The number of Topliss-reactive ketones (excluding diaryl/α,β-unsaturated/α-hetero) is 1. The molecule has 2 aromatic carbocycles. The van der Waals surface area contributed by atoms with Crippen LogP contribution in [0, 0.1) is 5.92 Å². The van der Waals surface area contributed by atoms with E-state index in [9.17, 15) is 9.59 Å². The first kappa shape index (κ1) is 22.0. The van der Waals surface area contributed by atoms with Crippen molar-refractivity contribution in [1.82, 2.24) is 0 Å². The molecule has 32 heavy (non-hydrogen) atoms. The number of esters is 1. The maximum absolute atomic E-state index is 13.2. The lowest BCUT2D eigenvalue weighted by Crippen LogP contribution is -2.39. The Morgan fingerprint density at radius 3 is 2.50 bits per heavy atom. The fourth-order valence-corrected chi connectivity index (χ4v) is 4.67. The third-order valence-electron chi connectivity index (χ3n) is 6.14. The van der Waals surface area contributed by atoms with Crippen molar-refractivity contribution in [3.05, 3.63) is 77.0 Å². The molecule has 5 nitrogen and oxygen atoms in total. The Balaban J connectivity index is 1.62. The first-order chi connectivity index (χ1) is 15.6. The van der Waals surface area contributed by atoms with Gasteiger partial charge in [0.25, 0.3) is 0 Å². The minimum absolute atomic E-state index is 0.149. The van der Waals surface area contributed by atoms with E-state index < -0.39 is 11.9 Å². The van der Waals surface area contributed by atoms with Gasteiger partial charge in [0.05, 0.1) is 24.7 Å². The predicted molar refractivity (Wildman–Crippen MR) is 124 cm³/mol. The molecule has 5 heteroatoms. The molecule has 0 spiro atoms. The van der Waals surface area contributed by atoms with Crippen LogP contribution >= 0.6 is 0 Å². The fraction of sp³-hybridized carbons (Fsp3) is 0.370. The summed E-state index contributed by atoms with van der Waals surface area (Å²) in [4.78, 5) is 30.9. The summed E-state index contributed by atoms with van der Waals surface area (Å²) < 4.78 is 11.3. The molecule has 0 aromatic heterocycles. The van der Waals surface area contributed by atoms with Crippen LogP contribution in [0.25, 0.3) is 0 Å². The summed E-state index contributed by atoms with van der Waals surface area (Å²) >= 11 is 0. The summed E-state index contributed by atoms with van der Waals surface area (Å²) in [6.45, 7) is 4.65. The van der Waals surface area contributed by atoms with Crippen LogP contribution < -0.4 is 4.74 Å². The molecule has 4 rings (SSSR count). The Labute approximate surface area is 189 Å². The molecular formula is C27H29NO4. The van der Waals surface area contributed by atoms with Crippen LogP contribution in [0.3, 0.4) is 0 Å². The van der Waals surface area contributed by atoms with Crippen molar-refractivity contribution in [2.45, 2.75) is 45.4 Å². The molecule has 0 N–H and O–H groups in total. The van der Waals surface area contributed by atoms with Crippen LogP contribution in [0.5, 0.6) is 5.75 Å². The predicted octanol–water partition coefficient (Wildman–Crippen LogP) is 5.05. The van der Waals surface area contributed by atoms with Gasteiger partial charge in [0.1, 0.15) is 11.5 Å². The Kier molecular flexibility index (Phi) is 6.84. The van der Waals surface area contributed by atoms with E-state index in [4.69, 9.17) is 14.5 Å². The number of hydrogen-bond donors (Lipinski definition) is 0. The van der Waals surface area contributed by atoms with Gasteiger partial charge in [-0.15, -0.1) is 0 Å². The van der Waals surface area contributed by atoms with Gasteiger partial charge in [0.2, 0.25) is 0 Å². The zero-order valence-corrected chi connectivity index (χ0v) is 18.7. The first-order valence-electron chi connectivity index (χ1n) is 11.3. The minimum Gasteiger partial charge on any atom is -0.494 e. The number of benzene rings is 2. The Morgan fingerprint density at radius 1 is 1.03 bits per heavy atom. The van der Waals surface area contributed by atoms with Crippen LogP contribution in [0.1, 0.15) is 50.2 Å². The number of fused-ring (bicyclic) bond motifs is 1. The first-order valence-corrected chi connectivity index (χ1v) is 11.3. The number of rotatable bonds is 7. The zero-order chi connectivity index (χ0) is 22.5. The molecule has 1 aliphatic heterocycles. The third kappa shape index (κ3) is 4.67. The molecule has 0 radical (unpaired) electrons. The summed E-state index contributed by atoms with van der Waals surface area (Å²) in [6.07, 6.45) is 2.77. The molecule has 0 amide bonds. The highest BCUT2D eigenvalue weighted by molar-refractivity contribution is 6.11. The molecule has 1 fully saturated rings. The van der Waals surface area contributed by atoms with E-state index >= 15 is 0 Å². The molecular weight excluding hydrogens is 402 g/mol. The molecule has 2 atom stereocenters. The smallest absolute Gasteiger partial charge is 0.336 e. The van der Waals surface area contributed by atoms with Crippen molar-refractivity contribution in [3.63, 3.8) is 0 Å². The quantitative estimate of drug-likeness (QED) is 0.575. The second kappa shape index (κ2) is 9.94. The monoisotopic (exact) mass is 431 g/mol. The summed E-state index contributed by atoms with van der Waals surface area (Å²) in [5.74, 6) is -0.254. The van der Waals surface area contributed by atoms with Crippen molar-refractivity contribution in [1.29, 1.82) is 0 Å². The highest BCUT2D eigenvalue weighted by Gasteiger charge is 2.43. The second-order valence-electron chi connectivity index (χ2n) is 8.25. The lowest BCUT2D eigenvalue weighted by Gasteiger charge is -2.35. The average molecular weight is 432 g/mol. The molecule has 2 aliphatic rings. The summed E-state index contributed by atoms with van der Waals surface area (Å²) in [6, 6.07) is 17.6. The fourth-order valence-electron chi connectivity index (χ4n) is 4.67. The number of hydrogen-bond acceptors (Lipinski definition) is 5. The van der Waals surface area contributed by atoms with E-state index in [0.717, 1.165) is 35.4 Å². The van der Waals surface area contributed by atoms with Gasteiger partial charge >= 0.3 is 5.97 Å². The van der Waals surface area contributed by atoms with Crippen LogP contribution in [-0.4, -0.2) is 30.7 Å². The maximum atomic E-state index is 13.2. The maximum Gasteiger partial charge on any atom is 0.336 e. The third-order valence-corrected chi connectivity index (χ3v) is 6.14. The van der Waals surface area contributed by atoms with Gasteiger partial charge < -0.3 is 9.47 Å². The van der Waals surface area contributed by atoms with E-state index in [1.807, 2.05) is 68.4 Å². The van der Waals surface area contributed by atoms with E-state index in [1.165, 1.54) is 0 Å². The van der Waals surface area contributed by atoms with Gasteiger partial charge in [-0.2, -0.15) is 0 Å². The van der Waals surface area contributed by atoms with Gasteiger partial charge in [0.15, 0.2) is 0 Å². The number of allylic oxidation sites excluding steroid dienone is 1. The lowest BCUT2D eigenvalue weighted by molar-refractivity contribution is -0.139. The molecule has 0 bridgehead atoms. The Hall–Kier alpha value is -3.21. The SMILES string of the molecule is CCOc1ccc([C@@H]2C(C(=O)OCCc3ccccc3)=C(C)N=C3CCCC(=O)C32)cc1. The molecule has 1 unspecified atom stereocenters. The number of aliphatic imine (C=N–C) groups is 1. The van der Waals surface area contributed by atoms with E-state index in [-0.39, 0.29) is 18.3 Å². The molecule has 2 aromatic rings. The lowest BCUT2D eigenvalue weighted by atomic mass is 9.69. The van der Waals surface area contributed by atoms with Crippen LogP contribution in [-0.2, 0) is 20.7 Å². The molecule has 0 saturated heterocycles. The number of carbonyl (C=O) groups excluding carboxylic acids is 2. The van der Waals surface area contributed by atoms with E-state index in [2.05, 4.69) is 0 Å². The zero-order valence-electron chi connectivity index (χ0n) is 18.7. The van der Waals surface area contributed by atoms with Crippen LogP contribution in [0.2, 0.25) is 0 Å².